The third kappa shape index (κ3) is 3.56. The maximum atomic E-state index is 8.82. The SMILES string of the molecule is CC(C)COc1cc(Cl)cc([CH]O)c1. The van der Waals surface area contributed by atoms with Gasteiger partial charge in [0.2, 0.25) is 0 Å². The third-order valence-electron chi connectivity index (χ3n) is 1.63. The van der Waals surface area contributed by atoms with Crippen LogP contribution in [0.4, 0.5) is 0 Å². The first-order chi connectivity index (χ1) is 6.61. The van der Waals surface area contributed by atoms with E-state index in [1.165, 1.54) is 0 Å². The van der Waals surface area contributed by atoms with Crippen molar-refractivity contribution in [2.75, 3.05) is 6.61 Å². The number of hydrogen-bond acceptors (Lipinski definition) is 2. The second kappa shape index (κ2) is 5.23. The molecule has 1 aromatic rings. The van der Waals surface area contributed by atoms with Crippen LogP contribution >= 0.6 is 11.6 Å². The molecule has 0 aliphatic heterocycles. The van der Waals surface area contributed by atoms with E-state index < -0.39 is 0 Å². The van der Waals surface area contributed by atoms with E-state index in [1.54, 1.807) is 18.2 Å². The van der Waals surface area contributed by atoms with Crippen LogP contribution in [0.15, 0.2) is 18.2 Å². The minimum atomic E-state index is 0.468. The van der Waals surface area contributed by atoms with Crippen LogP contribution < -0.4 is 4.74 Å². The Kier molecular flexibility index (Phi) is 4.23. The van der Waals surface area contributed by atoms with Crippen LogP contribution in [0.5, 0.6) is 5.75 Å². The fourth-order valence-corrected chi connectivity index (χ4v) is 1.24. The molecule has 1 aromatic carbocycles. The number of aliphatic hydroxyl groups is 1. The fraction of sp³-hybridized carbons (Fsp3) is 0.364. The summed E-state index contributed by atoms with van der Waals surface area (Å²) in [5, 5.41) is 9.39. The molecule has 2 nitrogen and oxygen atoms in total. The molecule has 0 amide bonds. The molecule has 77 valence electrons. The van der Waals surface area contributed by atoms with Crippen LogP contribution in [0.25, 0.3) is 0 Å². The van der Waals surface area contributed by atoms with Crippen LogP contribution in [0.1, 0.15) is 19.4 Å². The number of hydrogen-bond donors (Lipinski definition) is 1. The molecular formula is C11H14ClO2. The first-order valence-electron chi connectivity index (χ1n) is 4.52. The number of rotatable bonds is 4. The second-order valence-corrected chi connectivity index (χ2v) is 3.99. The van der Waals surface area contributed by atoms with Crippen molar-refractivity contribution in [2.24, 2.45) is 5.92 Å². The van der Waals surface area contributed by atoms with Gasteiger partial charge in [-0.3, -0.25) is 0 Å². The van der Waals surface area contributed by atoms with Crippen molar-refractivity contribution in [3.8, 4) is 5.75 Å². The van der Waals surface area contributed by atoms with Gasteiger partial charge in [0.05, 0.1) is 6.61 Å². The Morgan fingerprint density at radius 1 is 1.43 bits per heavy atom. The summed E-state index contributed by atoms with van der Waals surface area (Å²) in [7, 11) is 0. The average Bonchev–Trinajstić information content (AvgIpc) is 2.14. The van der Waals surface area contributed by atoms with Crippen molar-refractivity contribution in [1.29, 1.82) is 0 Å². The van der Waals surface area contributed by atoms with E-state index in [1.807, 2.05) is 0 Å². The van der Waals surface area contributed by atoms with Gasteiger partial charge in [0.25, 0.3) is 0 Å². The number of aliphatic hydroxyl groups excluding tert-OH is 1. The van der Waals surface area contributed by atoms with Gasteiger partial charge in [0.1, 0.15) is 12.4 Å². The molecule has 0 heterocycles. The van der Waals surface area contributed by atoms with E-state index in [4.69, 9.17) is 21.4 Å². The van der Waals surface area contributed by atoms with Crippen LogP contribution in [-0.4, -0.2) is 11.7 Å². The molecule has 0 saturated carbocycles. The Morgan fingerprint density at radius 3 is 2.71 bits per heavy atom. The Morgan fingerprint density at radius 2 is 2.14 bits per heavy atom. The topological polar surface area (TPSA) is 29.5 Å². The Balaban J connectivity index is 2.71. The minimum absolute atomic E-state index is 0.468. The second-order valence-electron chi connectivity index (χ2n) is 3.55. The van der Waals surface area contributed by atoms with E-state index in [2.05, 4.69) is 13.8 Å². The predicted octanol–water partition coefficient (Wildman–Crippen LogP) is 3.26. The predicted molar refractivity (Wildman–Crippen MR) is 57.1 cm³/mol. The van der Waals surface area contributed by atoms with Gasteiger partial charge in [-0.25, -0.2) is 0 Å². The van der Waals surface area contributed by atoms with Gasteiger partial charge in [0.15, 0.2) is 0 Å². The molecule has 0 spiro atoms. The smallest absolute Gasteiger partial charge is 0.121 e. The maximum Gasteiger partial charge on any atom is 0.121 e. The largest absolute Gasteiger partial charge is 0.493 e. The van der Waals surface area contributed by atoms with Crippen molar-refractivity contribution < 1.29 is 9.84 Å². The number of halogens is 1. The lowest BCUT2D eigenvalue weighted by molar-refractivity contribution is 0.270. The van der Waals surface area contributed by atoms with Crippen LogP contribution in [0.3, 0.4) is 0 Å². The summed E-state index contributed by atoms with van der Waals surface area (Å²) >= 11 is 5.83. The molecule has 0 fully saturated rings. The standard InChI is InChI=1S/C11H14ClO2/c1-8(2)7-14-11-4-9(6-13)3-10(12)5-11/h3-6,8,13H,7H2,1-2H3. The highest BCUT2D eigenvalue weighted by molar-refractivity contribution is 6.30. The van der Waals surface area contributed by atoms with Gasteiger partial charge in [-0.15, -0.1) is 0 Å². The van der Waals surface area contributed by atoms with Gasteiger partial charge < -0.3 is 9.84 Å². The highest BCUT2D eigenvalue weighted by Gasteiger charge is 2.01. The first kappa shape index (κ1) is 11.3. The van der Waals surface area contributed by atoms with E-state index in [0.717, 1.165) is 6.61 Å². The van der Waals surface area contributed by atoms with Crippen molar-refractivity contribution >= 4 is 11.6 Å². The lowest BCUT2D eigenvalue weighted by Crippen LogP contribution is -2.04. The quantitative estimate of drug-likeness (QED) is 0.832. The van der Waals surface area contributed by atoms with Crippen LogP contribution in [0, 0.1) is 12.5 Å². The zero-order valence-corrected chi connectivity index (χ0v) is 9.08. The monoisotopic (exact) mass is 213 g/mol. The minimum Gasteiger partial charge on any atom is -0.493 e. The summed E-state index contributed by atoms with van der Waals surface area (Å²) in [6.45, 7) is 5.80. The molecule has 0 aromatic heterocycles. The molecule has 0 saturated heterocycles. The zero-order valence-electron chi connectivity index (χ0n) is 8.33. The van der Waals surface area contributed by atoms with Crippen molar-refractivity contribution in [3.05, 3.63) is 35.4 Å². The Hall–Kier alpha value is -0.730. The van der Waals surface area contributed by atoms with Gasteiger partial charge in [-0.2, -0.15) is 0 Å². The maximum absolute atomic E-state index is 8.82. The fourth-order valence-electron chi connectivity index (χ4n) is 1.01. The summed E-state index contributed by atoms with van der Waals surface area (Å²) < 4.78 is 5.48. The normalized spacial score (nSPS) is 10.6. The number of ether oxygens (including phenoxy) is 1. The molecule has 1 radical (unpaired) electrons. The molecule has 0 aliphatic rings. The molecule has 0 bridgehead atoms. The van der Waals surface area contributed by atoms with Crippen molar-refractivity contribution in [2.45, 2.75) is 13.8 Å². The third-order valence-corrected chi connectivity index (χ3v) is 1.84. The van der Waals surface area contributed by atoms with E-state index in [-0.39, 0.29) is 0 Å². The first-order valence-corrected chi connectivity index (χ1v) is 4.90. The molecule has 0 aliphatic carbocycles. The summed E-state index contributed by atoms with van der Waals surface area (Å²) in [6.07, 6.45) is 0. The van der Waals surface area contributed by atoms with Gasteiger partial charge >= 0.3 is 0 Å². The molecule has 1 N–H and O–H groups in total. The van der Waals surface area contributed by atoms with Gasteiger partial charge in [-0.05, 0) is 29.7 Å². The summed E-state index contributed by atoms with van der Waals surface area (Å²) in [4.78, 5) is 0. The van der Waals surface area contributed by atoms with E-state index >= 15 is 0 Å². The summed E-state index contributed by atoms with van der Waals surface area (Å²) in [6, 6.07) is 5.15. The van der Waals surface area contributed by atoms with E-state index in [0.29, 0.717) is 28.9 Å². The lowest BCUT2D eigenvalue weighted by atomic mass is 10.2. The Labute approximate surface area is 89.5 Å². The van der Waals surface area contributed by atoms with Crippen LogP contribution in [-0.2, 0) is 0 Å². The zero-order chi connectivity index (χ0) is 10.6. The lowest BCUT2D eigenvalue weighted by Gasteiger charge is -2.09. The molecule has 1 rings (SSSR count). The molecule has 0 atom stereocenters. The van der Waals surface area contributed by atoms with Crippen molar-refractivity contribution in [1.82, 2.24) is 0 Å². The summed E-state index contributed by atoms with van der Waals surface area (Å²) in [5.74, 6) is 1.15. The Bertz CT molecular complexity index is 297. The molecule has 0 unspecified atom stereocenters. The highest BCUT2D eigenvalue weighted by Crippen LogP contribution is 2.21. The highest BCUT2D eigenvalue weighted by atomic mass is 35.5. The molecular weight excluding hydrogens is 200 g/mol. The molecule has 3 heteroatoms. The summed E-state index contributed by atoms with van der Waals surface area (Å²) in [5.41, 5.74) is 0.649. The van der Waals surface area contributed by atoms with Crippen molar-refractivity contribution in [3.63, 3.8) is 0 Å². The van der Waals surface area contributed by atoms with Crippen LogP contribution in [0.2, 0.25) is 5.02 Å². The number of benzene rings is 1. The average molecular weight is 214 g/mol. The van der Waals surface area contributed by atoms with Gasteiger partial charge in [-0.1, -0.05) is 25.4 Å². The molecule has 14 heavy (non-hydrogen) atoms. The van der Waals surface area contributed by atoms with Gasteiger partial charge in [0, 0.05) is 5.02 Å². The van der Waals surface area contributed by atoms with E-state index in [9.17, 15) is 0 Å².